The van der Waals surface area contributed by atoms with Gasteiger partial charge in [0.15, 0.2) is 0 Å². The molecule has 0 amide bonds. The number of hydrogen-bond donors (Lipinski definition) is 0. The number of thiophene rings is 1. The molecule has 1 aliphatic heterocycles. The predicted octanol–water partition coefficient (Wildman–Crippen LogP) is 6.32. The molecule has 0 spiro atoms. The number of hydrogen-bond acceptors (Lipinski definition) is 3. The van der Waals surface area contributed by atoms with E-state index in [9.17, 15) is 0 Å². The third-order valence-electron chi connectivity index (χ3n) is 4.87. The van der Waals surface area contributed by atoms with Crippen LogP contribution in [-0.2, 0) is 9.47 Å². The van der Waals surface area contributed by atoms with Gasteiger partial charge in [-0.15, -0.1) is 0 Å². The molecule has 0 aliphatic carbocycles. The monoisotopic (exact) mass is 444 g/mol. The van der Waals surface area contributed by atoms with Crippen molar-refractivity contribution in [3.8, 4) is 0 Å². The summed E-state index contributed by atoms with van der Waals surface area (Å²) >= 11 is -0.275. The molecule has 0 unspecified atom stereocenters. The first-order chi connectivity index (χ1) is 11.3. The van der Waals surface area contributed by atoms with Gasteiger partial charge in [-0.1, -0.05) is 0 Å². The minimum absolute atomic E-state index is 0.193. The normalized spacial score (nSPS) is 14.9. The van der Waals surface area contributed by atoms with Crippen molar-refractivity contribution in [2.45, 2.75) is 78.9 Å². The van der Waals surface area contributed by atoms with Crippen molar-refractivity contribution in [3.63, 3.8) is 0 Å². The van der Waals surface area contributed by atoms with E-state index in [-0.39, 0.29) is 6.29 Å². The first kappa shape index (κ1) is 19.2. The zero-order valence-electron chi connectivity index (χ0n) is 15.0. The summed E-state index contributed by atoms with van der Waals surface area (Å²) in [7, 11) is 0. The average molecular weight is 443 g/mol. The van der Waals surface area contributed by atoms with Gasteiger partial charge in [-0.25, -0.2) is 0 Å². The van der Waals surface area contributed by atoms with Gasteiger partial charge in [0.1, 0.15) is 0 Å². The Kier molecular flexibility index (Phi) is 8.31. The fourth-order valence-electron chi connectivity index (χ4n) is 3.43. The molecule has 1 aliphatic rings. The third-order valence-corrected chi connectivity index (χ3v) is 24.2. The van der Waals surface area contributed by atoms with Crippen LogP contribution in [-0.4, -0.2) is 18.4 Å². The Morgan fingerprint density at radius 2 is 1.39 bits per heavy atom. The second-order valence-corrected chi connectivity index (χ2v) is 21.9. The number of rotatable bonds is 11. The van der Waals surface area contributed by atoms with Gasteiger partial charge in [0, 0.05) is 0 Å². The molecule has 0 bridgehead atoms. The Hall–Kier alpha value is -0.161. The van der Waals surface area contributed by atoms with Gasteiger partial charge in [-0.05, 0) is 0 Å². The van der Waals surface area contributed by atoms with Crippen LogP contribution in [0.4, 0.5) is 0 Å². The molecule has 23 heavy (non-hydrogen) atoms. The maximum atomic E-state index is 5.54. The first-order valence-corrected chi connectivity index (χ1v) is 17.6. The Morgan fingerprint density at radius 1 is 0.870 bits per heavy atom. The average Bonchev–Trinajstić information content (AvgIpc) is 3.25. The van der Waals surface area contributed by atoms with Gasteiger partial charge in [0.2, 0.25) is 0 Å². The summed E-state index contributed by atoms with van der Waals surface area (Å²) in [5.41, 5.74) is 0. The molecular formula is C19H32O2SSn. The summed E-state index contributed by atoms with van der Waals surface area (Å²) in [6.45, 7) is 7.01. The van der Waals surface area contributed by atoms with E-state index in [1.807, 2.05) is 11.3 Å². The van der Waals surface area contributed by atoms with Crippen LogP contribution < -0.4 is 2.89 Å². The van der Waals surface area contributed by atoms with E-state index in [4.69, 9.17) is 9.47 Å². The number of unbranched alkanes of at least 4 members (excludes halogenated alkanes) is 3. The van der Waals surface area contributed by atoms with Crippen LogP contribution in [0, 0.1) is 0 Å². The zero-order chi connectivity index (χ0) is 16.5. The van der Waals surface area contributed by atoms with Crippen molar-refractivity contribution in [2.24, 2.45) is 0 Å². The van der Waals surface area contributed by atoms with Crippen LogP contribution in [0.5, 0.6) is 0 Å². The molecule has 2 nitrogen and oxygen atoms in total. The van der Waals surface area contributed by atoms with Crippen molar-refractivity contribution in [3.05, 3.63) is 29.5 Å². The molecule has 0 N–H and O–H groups in total. The molecule has 1 aromatic rings. The molecule has 0 aromatic carbocycles. The van der Waals surface area contributed by atoms with Crippen molar-refractivity contribution in [1.29, 1.82) is 0 Å². The summed E-state index contributed by atoms with van der Waals surface area (Å²) in [6.07, 6.45) is 11.3. The minimum atomic E-state index is -2.27. The molecule has 0 atom stereocenters. The molecule has 130 valence electrons. The SMILES string of the molecule is CCC[CH2][Sn]([CH2]CCC)([CH2]CCC)[c]1ccc(C2OC=CO2)s1. The van der Waals surface area contributed by atoms with E-state index < -0.39 is 18.4 Å². The van der Waals surface area contributed by atoms with Gasteiger partial charge in [0.05, 0.1) is 0 Å². The van der Waals surface area contributed by atoms with Crippen LogP contribution in [0.1, 0.15) is 70.5 Å². The Balaban J connectivity index is 2.21. The van der Waals surface area contributed by atoms with Gasteiger partial charge < -0.3 is 0 Å². The molecule has 2 heterocycles. The Bertz CT molecular complexity index is 454. The molecule has 2 rings (SSSR count). The van der Waals surface area contributed by atoms with E-state index in [2.05, 4.69) is 32.9 Å². The van der Waals surface area contributed by atoms with E-state index in [0.717, 1.165) is 0 Å². The van der Waals surface area contributed by atoms with Gasteiger partial charge >= 0.3 is 151 Å². The Labute approximate surface area is 150 Å². The van der Waals surface area contributed by atoms with Crippen molar-refractivity contribution >= 4 is 32.6 Å². The van der Waals surface area contributed by atoms with Crippen LogP contribution in [0.2, 0.25) is 13.3 Å². The van der Waals surface area contributed by atoms with Crippen LogP contribution in [0.25, 0.3) is 0 Å². The third kappa shape index (κ3) is 5.15. The van der Waals surface area contributed by atoms with E-state index in [0.29, 0.717) is 0 Å². The van der Waals surface area contributed by atoms with E-state index >= 15 is 0 Å². The van der Waals surface area contributed by atoms with E-state index in [1.54, 1.807) is 15.4 Å². The van der Waals surface area contributed by atoms with Crippen molar-refractivity contribution in [2.75, 3.05) is 0 Å². The fraction of sp³-hybridized carbons (Fsp3) is 0.684. The summed E-state index contributed by atoms with van der Waals surface area (Å²) in [5, 5.41) is 0. The van der Waals surface area contributed by atoms with Gasteiger partial charge in [0.25, 0.3) is 0 Å². The molecule has 4 heteroatoms. The van der Waals surface area contributed by atoms with Crippen LogP contribution in [0.15, 0.2) is 24.7 Å². The number of ether oxygens (including phenoxy) is 2. The first-order valence-electron chi connectivity index (χ1n) is 9.32. The second-order valence-electron chi connectivity index (χ2n) is 6.67. The molecular weight excluding hydrogens is 411 g/mol. The molecule has 0 saturated heterocycles. The fourth-order valence-corrected chi connectivity index (χ4v) is 23.6. The Morgan fingerprint density at radius 3 is 1.87 bits per heavy atom. The zero-order valence-corrected chi connectivity index (χ0v) is 18.6. The molecule has 0 radical (unpaired) electrons. The quantitative estimate of drug-likeness (QED) is 0.373. The summed E-state index contributed by atoms with van der Waals surface area (Å²) in [4.78, 5) is 1.25. The summed E-state index contributed by atoms with van der Waals surface area (Å²) in [5.74, 6) is 0. The van der Waals surface area contributed by atoms with Gasteiger partial charge in [-0.3, -0.25) is 0 Å². The molecule has 1 aromatic heterocycles. The standard InChI is InChI=1S/C7H5O2S.3C4H9.Sn/c1-2-6(10-5-1)7-8-3-4-9-7;3*1-3-4-2;/h1-4,7H;3*1,3-4H2,2H3;. The molecule has 0 saturated carbocycles. The van der Waals surface area contributed by atoms with Gasteiger partial charge in [-0.2, -0.15) is 0 Å². The second kappa shape index (κ2) is 9.97. The summed E-state index contributed by atoms with van der Waals surface area (Å²) < 4.78 is 17.4. The summed E-state index contributed by atoms with van der Waals surface area (Å²) in [6, 6.07) is 4.69. The van der Waals surface area contributed by atoms with Crippen molar-refractivity contribution in [1.82, 2.24) is 0 Å². The van der Waals surface area contributed by atoms with Crippen molar-refractivity contribution < 1.29 is 9.47 Å². The van der Waals surface area contributed by atoms with Crippen LogP contribution >= 0.6 is 11.3 Å². The maximum absolute atomic E-state index is 5.54. The molecule has 0 fully saturated rings. The topological polar surface area (TPSA) is 18.5 Å². The van der Waals surface area contributed by atoms with Crippen LogP contribution in [0.3, 0.4) is 0 Å². The predicted molar refractivity (Wildman–Crippen MR) is 103 cm³/mol. The van der Waals surface area contributed by atoms with E-state index in [1.165, 1.54) is 56.7 Å².